The van der Waals surface area contributed by atoms with Crippen molar-refractivity contribution in [3.8, 4) is 22.9 Å². The van der Waals surface area contributed by atoms with Crippen LogP contribution in [0.4, 0.5) is 5.82 Å². The zero-order valence-electron chi connectivity index (χ0n) is 16.6. The molecule has 1 atom stereocenters. The normalized spacial score (nSPS) is 17.4. The molecule has 2 aliphatic rings. The number of piperazine rings is 1. The van der Waals surface area contributed by atoms with Gasteiger partial charge in [-0.3, -0.25) is 4.79 Å². The van der Waals surface area contributed by atoms with Crippen LogP contribution in [-0.2, 0) is 4.79 Å². The lowest BCUT2D eigenvalue weighted by Crippen LogP contribution is -2.56. The summed E-state index contributed by atoms with van der Waals surface area (Å²) in [5.41, 5.74) is 2.63. The first-order valence-corrected chi connectivity index (χ1v) is 10.3. The number of hydrogen-bond donors (Lipinski definition) is 0. The van der Waals surface area contributed by atoms with Gasteiger partial charge in [-0.1, -0.05) is 36.4 Å². The average Bonchev–Trinajstić information content (AvgIpc) is 2.98. The third-order valence-corrected chi connectivity index (χ3v) is 6.17. The van der Waals surface area contributed by atoms with E-state index >= 15 is 0 Å². The molecule has 0 spiro atoms. The molecule has 3 heterocycles. The van der Waals surface area contributed by atoms with Crippen LogP contribution in [-0.4, -0.2) is 53.1 Å². The number of nitriles is 1. The Kier molecular flexibility index (Phi) is 4.72. The molecule has 2 aromatic carbocycles. The first kappa shape index (κ1) is 19.3. The lowest BCUT2D eigenvalue weighted by atomic mass is 9.98. The van der Waals surface area contributed by atoms with Gasteiger partial charge in [0, 0.05) is 30.8 Å². The number of ether oxygens (including phenoxy) is 1. The summed E-state index contributed by atoms with van der Waals surface area (Å²) in [4.78, 5) is 25.1. The fourth-order valence-electron chi connectivity index (χ4n) is 4.30. The van der Waals surface area contributed by atoms with Crippen molar-refractivity contribution >= 4 is 34.2 Å². The van der Waals surface area contributed by atoms with Crippen molar-refractivity contribution in [2.75, 3.05) is 31.1 Å². The van der Waals surface area contributed by atoms with Gasteiger partial charge in [0.2, 0.25) is 5.91 Å². The Balaban J connectivity index is 1.66. The van der Waals surface area contributed by atoms with Gasteiger partial charge in [-0.2, -0.15) is 5.26 Å². The Bertz CT molecular complexity index is 1270. The molecule has 154 valence electrons. The van der Waals surface area contributed by atoms with E-state index in [0.717, 1.165) is 16.8 Å². The van der Waals surface area contributed by atoms with E-state index < -0.39 is 0 Å². The molecule has 5 rings (SSSR count). The minimum Gasteiger partial charge on any atom is -0.489 e. The van der Waals surface area contributed by atoms with E-state index in [4.69, 9.17) is 16.3 Å². The number of carbonyl (C=O) groups excluding carboxylic acids is 1. The van der Waals surface area contributed by atoms with Gasteiger partial charge in [0.15, 0.2) is 5.75 Å². The summed E-state index contributed by atoms with van der Waals surface area (Å²) < 4.78 is 6.22. The summed E-state index contributed by atoms with van der Waals surface area (Å²) in [6.45, 7) is 5.63. The number of aromatic nitrogens is 2. The first-order valence-electron chi connectivity index (χ1n) is 9.90. The van der Waals surface area contributed by atoms with Gasteiger partial charge in [-0.15, -0.1) is 0 Å². The number of hydrogen-bond acceptors (Lipinski definition) is 6. The molecule has 1 aromatic heterocycles. The minimum absolute atomic E-state index is 0.0749. The lowest BCUT2D eigenvalue weighted by Gasteiger charge is -2.40. The van der Waals surface area contributed by atoms with Crippen LogP contribution in [0, 0.1) is 11.3 Å². The molecule has 0 bridgehead atoms. The molecule has 31 heavy (non-hydrogen) atoms. The maximum absolute atomic E-state index is 12.1. The van der Waals surface area contributed by atoms with Gasteiger partial charge in [0.1, 0.15) is 18.8 Å². The second kappa shape index (κ2) is 7.56. The molecule has 2 aliphatic heterocycles. The van der Waals surface area contributed by atoms with Crippen molar-refractivity contribution in [2.45, 2.75) is 6.04 Å². The standard InChI is InChI=1S/C23H18ClN5O2/c1-2-19(30)28-7-8-29-15(11-28)12-31-22-20-18(26-13-27-23(20)29)9-17(21(22)24)16-6-4-3-5-14(16)10-25/h2-6,9,13,15H,1,7-8,11-12H2/t15-/m0/s1. The average molecular weight is 432 g/mol. The van der Waals surface area contributed by atoms with Gasteiger partial charge in [0.25, 0.3) is 0 Å². The quantitative estimate of drug-likeness (QED) is 0.578. The summed E-state index contributed by atoms with van der Waals surface area (Å²) in [7, 11) is 0. The molecular weight excluding hydrogens is 414 g/mol. The number of benzene rings is 2. The van der Waals surface area contributed by atoms with Gasteiger partial charge in [0.05, 0.1) is 33.6 Å². The second-order valence-corrected chi connectivity index (χ2v) is 7.84. The van der Waals surface area contributed by atoms with Crippen molar-refractivity contribution in [1.82, 2.24) is 14.9 Å². The molecule has 7 nitrogen and oxygen atoms in total. The van der Waals surface area contributed by atoms with Crippen molar-refractivity contribution in [1.29, 1.82) is 5.26 Å². The Hall–Kier alpha value is -3.63. The van der Waals surface area contributed by atoms with Crippen molar-refractivity contribution in [3.63, 3.8) is 0 Å². The number of fused-ring (bicyclic) bond motifs is 2. The number of anilines is 1. The number of rotatable bonds is 2. The second-order valence-electron chi connectivity index (χ2n) is 7.46. The molecule has 0 aliphatic carbocycles. The number of nitrogens with zero attached hydrogens (tertiary/aromatic N) is 5. The number of amides is 1. The predicted molar refractivity (Wildman–Crippen MR) is 118 cm³/mol. The van der Waals surface area contributed by atoms with E-state index in [1.165, 1.54) is 12.4 Å². The summed E-state index contributed by atoms with van der Waals surface area (Å²) in [5.74, 6) is 1.16. The Morgan fingerprint density at radius 3 is 2.94 bits per heavy atom. The highest BCUT2D eigenvalue weighted by atomic mass is 35.5. The van der Waals surface area contributed by atoms with Crippen LogP contribution in [0.2, 0.25) is 5.02 Å². The maximum Gasteiger partial charge on any atom is 0.246 e. The fraction of sp³-hybridized carbons (Fsp3) is 0.217. The Morgan fingerprint density at radius 1 is 1.29 bits per heavy atom. The summed E-state index contributed by atoms with van der Waals surface area (Å²) in [6.07, 6.45) is 2.86. The van der Waals surface area contributed by atoms with Crippen LogP contribution in [0.5, 0.6) is 5.75 Å². The maximum atomic E-state index is 12.1. The van der Waals surface area contributed by atoms with Crippen molar-refractivity contribution < 1.29 is 9.53 Å². The lowest BCUT2D eigenvalue weighted by molar-refractivity contribution is -0.126. The monoisotopic (exact) mass is 431 g/mol. The van der Waals surface area contributed by atoms with Crippen LogP contribution < -0.4 is 9.64 Å². The van der Waals surface area contributed by atoms with E-state index in [2.05, 4.69) is 27.5 Å². The summed E-state index contributed by atoms with van der Waals surface area (Å²) in [6, 6.07) is 11.3. The molecule has 0 saturated carbocycles. The van der Waals surface area contributed by atoms with Crippen molar-refractivity contribution in [2.24, 2.45) is 0 Å². The van der Waals surface area contributed by atoms with Gasteiger partial charge < -0.3 is 14.5 Å². The number of halogens is 1. The molecule has 0 N–H and O–H groups in total. The largest absolute Gasteiger partial charge is 0.489 e. The smallest absolute Gasteiger partial charge is 0.246 e. The van der Waals surface area contributed by atoms with Crippen molar-refractivity contribution in [3.05, 3.63) is 59.9 Å². The van der Waals surface area contributed by atoms with Gasteiger partial charge >= 0.3 is 0 Å². The predicted octanol–water partition coefficient (Wildman–Crippen LogP) is 3.42. The van der Waals surface area contributed by atoms with Crippen LogP contribution >= 0.6 is 11.6 Å². The fourth-order valence-corrected chi connectivity index (χ4v) is 4.60. The first-order chi connectivity index (χ1) is 15.1. The third-order valence-electron chi connectivity index (χ3n) is 5.80. The number of carbonyl (C=O) groups is 1. The topological polar surface area (TPSA) is 82.4 Å². The Morgan fingerprint density at radius 2 is 2.13 bits per heavy atom. The molecule has 0 radical (unpaired) electrons. The SMILES string of the molecule is C=CC(=O)N1CCN2c3ncnc4cc(-c5ccccc5C#N)c(Cl)c(c34)OC[C@@H]2C1. The molecule has 1 amide bonds. The highest BCUT2D eigenvalue weighted by Crippen LogP contribution is 2.46. The highest BCUT2D eigenvalue weighted by Gasteiger charge is 2.35. The molecule has 1 fully saturated rings. The molecular formula is C23H18ClN5O2. The molecule has 8 heteroatoms. The zero-order valence-corrected chi connectivity index (χ0v) is 17.3. The van der Waals surface area contributed by atoms with E-state index in [-0.39, 0.29) is 11.9 Å². The van der Waals surface area contributed by atoms with E-state index in [9.17, 15) is 10.1 Å². The van der Waals surface area contributed by atoms with Crippen LogP contribution in [0.3, 0.4) is 0 Å². The Labute approximate surface area is 184 Å². The zero-order chi connectivity index (χ0) is 21.5. The molecule has 0 unspecified atom stereocenters. The van der Waals surface area contributed by atoms with Crippen LogP contribution in [0.25, 0.3) is 22.0 Å². The van der Waals surface area contributed by atoms with E-state index in [1.54, 1.807) is 11.0 Å². The van der Waals surface area contributed by atoms with Gasteiger partial charge in [-0.25, -0.2) is 9.97 Å². The van der Waals surface area contributed by atoms with Crippen LogP contribution in [0.1, 0.15) is 5.56 Å². The van der Waals surface area contributed by atoms with Crippen LogP contribution in [0.15, 0.2) is 49.3 Å². The summed E-state index contributed by atoms with van der Waals surface area (Å²) in [5, 5.41) is 10.7. The van der Waals surface area contributed by atoms with Gasteiger partial charge in [-0.05, 0) is 18.2 Å². The molecule has 3 aromatic rings. The molecule has 1 saturated heterocycles. The third kappa shape index (κ3) is 3.07. The summed E-state index contributed by atoms with van der Waals surface area (Å²) >= 11 is 6.84. The van der Waals surface area contributed by atoms with E-state index in [1.807, 2.05) is 24.3 Å². The highest BCUT2D eigenvalue weighted by molar-refractivity contribution is 6.36. The van der Waals surface area contributed by atoms with E-state index in [0.29, 0.717) is 53.7 Å². The minimum atomic E-state index is -0.0947.